The molecule has 0 aliphatic heterocycles. The molecule has 0 fully saturated rings. The van der Waals surface area contributed by atoms with Crippen molar-refractivity contribution in [3.63, 3.8) is 0 Å². The lowest BCUT2D eigenvalue weighted by molar-refractivity contribution is 0.100. The minimum absolute atomic E-state index is 0.427. The van der Waals surface area contributed by atoms with Crippen LogP contribution >= 0.6 is 0 Å². The summed E-state index contributed by atoms with van der Waals surface area (Å²) in [6.07, 6.45) is 0. The van der Waals surface area contributed by atoms with Crippen LogP contribution in [0.2, 0.25) is 0 Å². The van der Waals surface area contributed by atoms with Crippen molar-refractivity contribution in [3.8, 4) is 16.9 Å². The highest BCUT2D eigenvalue weighted by Gasteiger charge is 2.04. The first-order chi connectivity index (χ1) is 11.2. The van der Waals surface area contributed by atoms with Crippen LogP contribution in [0.1, 0.15) is 15.9 Å². The number of carbonyl (C=O) groups excluding carboxylic acids is 1. The number of benzene rings is 3. The fraction of sp³-hybridized carbons (Fsp3) is 0.0500. The van der Waals surface area contributed by atoms with E-state index in [1.54, 1.807) is 12.1 Å². The van der Waals surface area contributed by atoms with E-state index in [2.05, 4.69) is 0 Å². The number of amides is 1. The fourth-order valence-corrected chi connectivity index (χ4v) is 2.36. The van der Waals surface area contributed by atoms with Gasteiger partial charge in [-0.2, -0.15) is 0 Å². The Labute approximate surface area is 135 Å². The first-order valence-corrected chi connectivity index (χ1v) is 7.39. The van der Waals surface area contributed by atoms with E-state index in [-0.39, 0.29) is 0 Å². The van der Waals surface area contributed by atoms with Crippen molar-refractivity contribution in [2.75, 3.05) is 0 Å². The zero-order valence-corrected chi connectivity index (χ0v) is 12.6. The van der Waals surface area contributed by atoms with Gasteiger partial charge in [-0.1, -0.05) is 54.6 Å². The molecule has 2 N–H and O–H groups in total. The molecule has 1 amide bonds. The zero-order chi connectivity index (χ0) is 16.1. The molecule has 0 saturated heterocycles. The summed E-state index contributed by atoms with van der Waals surface area (Å²) >= 11 is 0. The summed E-state index contributed by atoms with van der Waals surface area (Å²) in [4.78, 5) is 11.3. The van der Waals surface area contributed by atoms with Gasteiger partial charge in [0.1, 0.15) is 12.4 Å². The molecular formula is C20H17NO2. The van der Waals surface area contributed by atoms with Crippen LogP contribution in [0.25, 0.3) is 11.1 Å². The molecule has 3 rings (SSSR count). The van der Waals surface area contributed by atoms with E-state index in [0.717, 1.165) is 22.4 Å². The first kappa shape index (κ1) is 14.9. The number of nitrogens with two attached hydrogens (primary N) is 1. The molecular weight excluding hydrogens is 286 g/mol. The van der Waals surface area contributed by atoms with Crippen molar-refractivity contribution in [2.24, 2.45) is 5.73 Å². The monoisotopic (exact) mass is 303 g/mol. The number of hydrogen-bond donors (Lipinski definition) is 1. The molecule has 0 atom stereocenters. The summed E-state index contributed by atoms with van der Waals surface area (Å²) < 4.78 is 5.84. The third kappa shape index (κ3) is 3.77. The van der Waals surface area contributed by atoms with Crippen molar-refractivity contribution in [3.05, 3.63) is 90.0 Å². The van der Waals surface area contributed by atoms with Gasteiger partial charge in [0, 0.05) is 5.56 Å². The van der Waals surface area contributed by atoms with E-state index >= 15 is 0 Å². The summed E-state index contributed by atoms with van der Waals surface area (Å²) in [6.45, 7) is 0.519. The van der Waals surface area contributed by atoms with Crippen molar-refractivity contribution in [1.29, 1.82) is 0 Å². The fourth-order valence-electron chi connectivity index (χ4n) is 2.36. The molecule has 3 nitrogen and oxygen atoms in total. The third-order valence-corrected chi connectivity index (χ3v) is 3.56. The Balaban J connectivity index is 1.80. The van der Waals surface area contributed by atoms with Gasteiger partial charge in [0.2, 0.25) is 5.91 Å². The lowest BCUT2D eigenvalue weighted by Gasteiger charge is -2.09. The van der Waals surface area contributed by atoms with Crippen LogP contribution in [-0.2, 0) is 6.61 Å². The topological polar surface area (TPSA) is 52.3 Å². The zero-order valence-electron chi connectivity index (χ0n) is 12.6. The van der Waals surface area contributed by atoms with Crippen LogP contribution in [0.15, 0.2) is 78.9 Å². The first-order valence-electron chi connectivity index (χ1n) is 7.39. The van der Waals surface area contributed by atoms with Crippen LogP contribution < -0.4 is 10.5 Å². The van der Waals surface area contributed by atoms with Crippen molar-refractivity contribution in [2.45, 2.75) is 6.61 Å². The standard InChI is InChI=1S/C20H17NO2/c21-20(22)18-10-4-8-16(12-18)17-9-5-11-19(13-17)23-14-15-6-2-1-3-7-15/h1-13H,14H2,(H2,21,22). The summed E-state index contributed by atoms with van der Waals surface area (Å²) in [7, 11) is 0. The Morgan fingerprint density at radius 2 is 1.52 bits per heavy atom. The second kappa shape index (κ2) is 6.79. The van der Waals surface area contributed by atoms with Gasteiger partial charge in [-0.05, 0) is 41.0 Å². The number of ether oxygens (including phenoxy) is 1. The van der Waals surface area contributed by atoms with Gasteiger partial charge in [0.05, 0.1) is 0 Å². The van der Waals surface area contributed by atoms with E-state index in [9.17, 15) is 4.79 Å². The second-order valence-corrected chi connectivity index (χ2v) is 5.25. The molecule has 0 aliphatic rings. The van der Waals surface area contributed by atoms with E-state index in [1.165, 1.54) is 0 Å². The molecule has 0 aliphatic carbocycles. The van der Waals surface area contributed by atoms with Crippen LogP contribution in [-0.4, -0.2) is 5.91 Å². The molecule has 3 heteroatoms. The number of carbonyl (C=O) groups is 1. The quantitative estimate of drug-likeness (QED) is 0.773. The van der Waals surface area contributed by atoms with Crippen LogP contribution in [0.3, 0.4) is 0 Å². The molecule has 0 bridgehead atoms. The molecule has 0 heterocycles. The van der Waals surface area contributed by atoms with Gasteiger partial charge in [0.25, 0.3) is 0 Å². The SMILES string of the molecule is NC(=O)c1cccc(-c2cccc(OCc3ccccc3)c2)c1. The van der Waals surface area contributed by atoms with Crippen molar-refractivity contribution in [1.82, 2.24) is 0 Å². The van der Waals surface area contributed by atoms with Gasteiger partial charge in [-0.15, -0.1) is 0 Å². The lowest BCUT2D eigenvalue weighted by Crippen LogP contribution is -2.10. The summed E-state index contributed by atoms with van der Waals surface area (Å²) in [5.41, 5.74) is 8.88. The van der Waals surface area contributed by atoms with E-state index in [1.807, 2.05) is 66.7 Å². The molecule has 3 aromatic carbocycles. The molecule has 0 unspecified atom stereocenters. The molecule has 3 aromatic rings. The van der Waals surface area contributed by atoms with Gasteiger partial charge in [-0.3, -0.25) is 4.79 Å². The second-order valence-electron chi connectivity index (χ2n) is 5.25. The normalized spacial score (nSPS) is 10.3. The average Bonchev–Trinajstić information content (AvgIpc) is 2.61. The van der Waals surface area contributed by atoms with E-state index < -0.39 is 5.91 Å². The summed E-state index contributed by atoms with van der Waals surface area (Å²) in [6, 6.07) is 25.1. The maximum atomic E-state index is 11.3. The van der Waals surface area contributed by atoms with E-state index in [0.29, 0.717) is 12.2 Å². The largest absolute Gasteiger partial charge is 0.489 e. The highest BCUT2D eigenvalue weighted by molar-refractivity contribution is 5.94. The summed E-state index contributed by atoms with van der Waals surface area (Å²) in [5.74, 6) is 0.360. The molecule has 0 radical (unpaired) electrons. The molecule has 0 aromatic heterocycles. The Hall–Kier alpha value is -3.07. The van der Waals surface area contributed by atoms with Crippen molar-refractivity contribution < 1.29 is 9.53 Å². The predicted octanol–water partition coefficient (Wildman–Crippen LogP) is 4.03. The maximum Gasteiger partial charge on any atom is 0.248 e. The maximum absolute atomic E-state index is 11.3. The highest BCUT2D eigenvalue weighted by Crippen LogP contribution is 2.25. The van der Waals surface area contributed by atoms with Gasteiger partial charge in [0.15, 0.2) is 0 Å². The Morgan fingerprint density at radius 3 is 2.26 bits per heavy atom. The number of primary amides is 1. The molecule has 114 valence electrons. The Morgan fingerprint density at radius 1 is 0.826 bits per heavy atom. The molecule has 23 heavy (non-hydrogen) atoms. The van der Waals surface area contributed by atoms with Gasteiger partial charge < -0.3 is 10.5 Å². The van der Waals surface area contributed by atoms with Crippen LogP contribution in [0, 0.1) is 0 Å². The molecule has 0 saturated carbocycles. The van der Waals surface area contributed by atoms with Crippen LogP contribution in [0.5, 0.6) is 5.75 Å². The Kier molecular flexibility index (Phi) is 4.39. The number of rotatable bonds is 5. The molecule has 0 spiro atoms. The van der Waals surface area contributed by atoms with Crippen molar-refractivity contribution >= 4 is 5.91 Å². The minimum Gasteiger partial charge on any atom is -0.489 e. The average molecular weight is 303 g/mol. The Bertz CT molecular complexity index is 813. The minimum atomic E-state index is -0.427. The van der Waals surface area contributed by atoms with Gasteiger partial charge >= 0.3 is 0 Å². The smallest absolute Gasteiger partial charge is 0.248 e. The lowest BCUT2D eigenvalue weighted by atomic mass is 10.0. The summed E-state index contributed by atoms with van der Waals surface area (Å²) in [5, 5.41) is 0. The van der Waals surface area contributed by atoms with Crippen LogP contribution in [0.4, 0.5) is 0 Å². The highest BCUT2D eigenvalue weighted by atomic mass is 16.5. The number of hydrogen-bond acceptors (Lipinski definition) is 2. The third-order valence-electron chi connectivity index (χ3n) is 3.56. The van der Waals surface area contributed by atoms with Gasteiger partial charge in [-0.25, -0.2) is 0 Å². The van der Waals surface area contributed by atoms with E-state index in [4.69, 9.17) is 10.5 Å². The predicted molar refractivity (Wildman–Crippen MR) is 91.2 cm³/mol.